The first-order valence-electron chi connectivity index (χ1n) is 8.14. The first kappa shape index (κ1) is 19.2. The summed E-state index contributed by atoms with van der Waals surface area (Å²) in [7, 11) is 0. The number of nitrogens with one attached hydrogen (secondary N) is 1. The van der Waals surface area contributed by atoms with Crippen LogP contribution in [-0.4, -0.2) is 35.9 Å². The van der Waals surface area contributed by atoms with E-state index in [2.05, 4.69) is 4.98 Å². The fourth-order valence-corrected chi connectivity index (χ4v) is 2.49. The Morgan fingerprint density at radius 3 is 2.50 bits per heavy atom. The summed E-state index contributed by atoms with van der Waals surface area (Å²) in [4.78, 5) is 38.8. The van der Waals surface area contributed by atoms with Crippen LogP contribution in [0, 0.1) is 20.8 Å². The van der Waals surface area contributed by atoms with Crippen LogP contribution >= 0.6 is 0 Å². The number of carbonyl (C=O) groups excluding carboxylic acids is 3. The average Bonchev–Trinajstić information content (AvgIpc) is 3.13. The molecule has 0 saturated heterocycles. The number of aromatic amines is 1. The lowest BCUT2D eigenvalue weighted by Crippen LogP contribution is -2.14. The van der Waals surface area contributed by atoms with E-state index in [-0.39, 0.29) is 12.3 Å². The van der Waals surface area contributed by atoms with Crippen molar-refractivity contribution >= 4 is 23.8 Å². The maximum atomic E-state index is 12.3. The van der Waals surface area contributed by atoms with E-state index >= 15 is 0 Å². The Morgan fingerprint density at radius 2 is 1.88 bits per heavy atom. The van der Waals surface area contributed by atoms with Crippen LogP contribution < -0.4 is 0 Å². The van der Waals surface area contributed by atoms with E-state index in [4.69, 9.17) is 13.9 Å². The summed E-state index contributed by atoms with van der Waals surface area (Å²) in [5, 5.41) is 0. The molecule has 26 heavy (non-hydrogen) atoms. The molecule has 0 unspecified atom stereocenters. The third-order valence-electron chi connectivity index (χ3n) is 3.69. The van der Waals surface area contributed by atoms with Crippen LogP contribution in [0.25, 0.3) is 6.08 Å². The number of ketones is 1. The van der Waals surface area contributed by atoms with Gasteiger partial charge in [-0.15, -0.1) is 0 Å². The van der Waals surface area contributed by atoms with Gasteiger partial charge in [-0.3, -0.25) is 4.79 Å². The smallest absolute Gasteiger partial charge is 0.340 e. The molecule has 0 saturated carbocycles. The van der Waals surface area contributed by atoms with Crippen LogP contribution in [0.1, 0.15) is 50.5 Å². The lowest BCUT2D eigenvalue weighted by atomic mass is 10.1. The van der Waals surface area contributed by atoms with E-state index in [1.54, 1.807) is 39.8 Å². The number of hydrogen-bond donors (Lipinski definition) is 1. The fraction of sp³-hybridized carbons (Fsp3) is 0.316. The fourth-order valence-electron chi connectivity index (χ4n) is 2.49. The Kier molecular flexibility index (Phi) is 6.16. The van der Waals surface area contributed by atoms with Crippen molar-refractivity contribution in [2.75, 3.05) is 13.2 Å². The van der Waals surface area contributed by atoms with Crippen LogP contribution in [-0.2, 0) is 14.3 Å². The predicted octanol–water partition coefficient (Wildman–Crippen LogP) is 3.15. The molecule has 0 spiro atoms. The number of aromatic nitrogens is 1. The van der Waals surface area contributed by atoms with Gasteiger partial charge < -0.3 is 18.9 Å². The first-order chi connectivity index (χ1) is 12.3. The number of rotatable bonds is 7. The third-order valence-corrected chi connectivity index (χ3v) is 3.69. The molecule has 7 nitrogen and oxygen atoms in total. The summed E-state index contributed by atoms with van der Waals surface area (Å²) >= 11 is 0. The maximum Gasteiger partial charge on any atom is 0.340 e. The zero-order valence-electron chi connectivity index (χ0n) is 15.2. The summed E-state index contributed by atoms with van der Waals surface area (Å²) in [5.41, 5.74) is 1.56. The van der Waals surface area contributed by atoms with Crippen molar-refractivity contribution in [2.24, 2.45) is 0 Å². The Morgan fingerprint density at radius 1 is 1.15 bits per heavy atom. The number of esters is 2. The summed E-state index contributed by atoms with van der Waals surface area (Å²) in [5.74, 6) is -0.356. The molecular weight excluding hydrogens is 338 g/mol. The van der Waals surface area contributed by atoms with Crippen molar-refractivity contribution in [3.8, 4) is 0 Å². The predicted molar refractivity (Wildman–Crippen MR) is 94.0 cm³/mol. The normalized spacial score (nSPS) is 10.9. The van der Waals surface area contributed by atoms with Crippen molar-refractivity contribution in [1.29, 1.82) is 0 Å². The molecule has 0 fully saturated rings. The number of furan rings is 1. The number of carbonyl (C=O) groups is 3. The van der Waals surface area contributed by atoms with E-state index in [0.717, 1.165) is 5.76 Å². The monoisotopic (exact) mass is 359 g/mol. The Bertz CT molecular complexity index is 856. The van der Waals surface area contributed by atoms with Crippen molar-refractivity contribution < 1.29 is 28.3 Å². The summed E-state index contributed by atoms with van der Waals surface area (Å²) < 4.78 is 15.2. The third kappa shape index (κ3) is 4.50. The Labute approximate surface area is 151 Å². The molecule has 2 aromatic rings. The van der Waals surface area contributed by atoms with Crippen molar-refractivity contribution in [1.82, 2.24) is 4.98 Å². The Hall–Kier alpha value is -3.09. The number of Topliss-reactive ketones (excluding diaryl/α,β-unsaturated/α-hetero) is 1. The highest BCUT2D eigenvalue weighted by molar-refractivity contribution is 6.03. The molecule has 0 aromatic carbocycles. The highest BCUT2D eigenvalue weighted by Gasteiger charge is 2.23. The molecule has 0 radical (unpaired) electrons. The molecule has 0 atom stereocenters. The van der Waals surface area contributed by atoms with Gasteiger partial charge in [0.1, 0.15) is 11.5 Å². The molecule has 138 valence electrons. The van der Waals surface area contributed by atoms with Gasteiger partial charge in [-0.2, -0.15) is 0 Å². The van der Waals surface area contributed by atoms with Gasteiger partial charge in [-0.25, -0.2) is 9.59 Å². The summed E-state index contributed by atoms with van der Waals surface area (Å²) in [6, 6.07) is 3.48. The number of aryl methyl sites for hydroxylation is 2. The van der Waals surface area contributed by atoms with Gasteiger partial charge in [0, 0.05) is 11.8 Å². The first-order valence-corrected chi connectivity index (χ1v) is 8.14. The van der Waals surface area contributed by atoms with Gasteiger partial charge in [0.2, 0.25) is 5.78 Å². The van der Waals surface area contributed by atoms with Gasteiger partial charge in [0.25, 0.3) is 0 Å². The van der Waals surface area contributed by atoms with Crippen molar-refractivity contribution in [3.05, 3.63) is 52.2 Å². The van der Waals surface area contributed by atoms with Crippen molar-refractivity contribution in [2.45, 2.75) is 27.7 Å². The quantitative estimate of drug-likeness (QED) is 0.463. The molecular formula is C19H21NO6. The minimum absolute atomic E-state index is 0.226. The van der Waals surface area contributed by atoms with Gasteiger partial charge in [0.15, 0.2) is 6.61 Å². The molecule has 0 bridgehead atoms. The molecule has 0 amide bonds. The van der Waals surface area contributed by atoms with E-state index in [0.29, 0.717) is 22.6 Å². The van der Waals surface area contributed by atoms with Gasteiger partial charge in [-0.1, -0.05) is 0 Å². The number of ether oxygens (including phenoxy) is 2. The molecule has 2 rings (SSSR count). The van der Waals surface area contributed by atoms with E-state index in [1.807, 2.05) is 0 Å². The van der Waals surface area contributed by atoms with Gasteiger partial charge in [-0.05, 0) is 51.5 Å². The molecule has 2 heterocycles. The minimum Gasteiger partial charge on any atom is -0.462 e. The van der Waals surface area contributed by atoms with Crippen LogP contribution in [0.2, 0.25) is 0 Å². The molecule has 0 aliphatic carbocycles. The van der Waals surface area contributed by atoms with E-state index < -0.39 is 24.3 Å². The Balaban J connectivity index is 1.99. The van der Waals surface area contributed by atoms with Crippen LogP contribution in [0.3, 0.4) is 0 Å². The van der Waals surface area contributed by atoms with Gasteiger partial charge in [0.05, 0.1) is 17.9 Å². The van der Waals surface area contributed by atoms with Crippen LogP contribution in [0.15, 0.2) is 22.6 Å². The molecule has 0 aliphatic heterocycles. The summed E-state index contributed by atoms with van der Waals surface area (Å²) in [6.45, 7) is 6.62. The van der Waals surface area contributed by atoms with Crippen molar-refractivity contribution in [3.63, 3.8) is 0 Å². The van der Waals surface area contributed by atoms with E-state index in [9.17, 15) is 14.4 Å². The highest BCUT2D eigenvalue weighted by Crippen LogP contribution is 2.19. The lowest BCUT2D eigenvalue weighted by Gasteiger charge is -2.03. The standard InChI is InChI=1S/C19H21NO6/c1-5-24-19(23)17-12(3)18(20-13(17)4)15(21)10-25-16(22)9-8-14-7-6-11(2)26-14/h6-9,20H,5,10H2,1-4H3. The van der Waals surface area contributed by atoms with Gasteiger partial charge >= 0.3 is 11.9 Å². The second kappa shape index (κ2) is 8.33. The average molecular weight is 359 g/mol. The lowest BCUT2D eigenvalue weighted by molar-refractivity contribution is -0.136. The molecule has 0 aliphatic rings. The molecule has 7 heteroatoms. The number of hydrogen-bond acceptors (Lipinski definition) is 6. The summed E-state index contributed by atoms with van der Waals surface area (Å²) in [6.07, 6.45) is 2.64. The second-order valence-electron chi connectivity index (χ2n) is 5.66. The van der Waals surface area contributed by atoms with Crippen LogP contribution in [0.4, 0.5) is 0 Å². The topological polar surface area (TPSA) is 98.6 Å². The minimum atomic E-state index is -0.668. The molecule has 2 aromatic heterocycles. The molecule has 1 N–H and O–H groups in total. The van der Waals surface area contributed by atoms with Crippen LogP contribution in [0.5, 0.6) is 0 Å². The highest BCUT2D eigenvalue weighted by atomic mass is 16.5. The second-order valence-corrected chi connectivity index (χ2v) is 5.66. The number of H-pyrrole nitrogens is 1. The zero-order valence-corrected chi connectivity index (χ0v) is 15.2. The van der Waals surface area contributed by atoms with E-state index in [1.165, 1.54) is 12.2 Å². The largest absolute Gasteiger partial charge is 0.462 e. The maximum absolute atomic E-state index is 12.3. The SMILES string of the molecule is CCOC(=O)c1c(C)[nH]c(C(=O)COC(=O)C=Cc2ccc(C)o2)c1C. The zero-order chi connectivity index (χ0) is 19.3.